The lowest BCUT2D eigenvalue weighted by Gasteiger charge is -2.13. The van der Waals surface area contributed by atoms with Gasteiger partial charge in [-0.3, -0.25) is 4.79 Å². The van der Waals surface area contributed by atoms with Gasteiger partial charge in [-0.1, -0.05) is 42.0 Å². The molecule has 1 amide bonds. The summed E-state index contributed by atoms with van der Waals surface area (Å²) in [6.45, 7) is 2.28. The first-order chi connectivity index (χ1) is 11.7. The second kappa shape index (κ2) is 8.02. The number of benzene rings is 2. The third-order valence-corrected chi connectivity index (χ3v) is 3.59. The third-order valence-electron chi connectivity index (χ3n) is 3.59. The smallest absolute Gasteiger partial charge is 0.406 e. The van der Waals surface area contributed by atoms with E-state index in [0.29, 0.717) is 13.0 Å². The summed E-state index contributed by atoms with van der Waals surface area (Å²) in [6, 6.07) is 12.1. The van der Waals surface area contributed by atoms with Crippen molar-refractivity contribution in [2.75, 3.05) is 6.54 Å². The summed E-state index contributed by atoms with van der Waals surface area (Å²) in [5.74, 6) is -0.581. The van der Waals surface area contributed by atoms with Crippen molar-refractivity contribution in [3.63, 3.8) is 0 Å². The van der Waals surface area contributed by atoms with Crippen LogP contribution in [-0.4, -0.2) is 18.8 Å². The maximum absolute atomic E-state index is 12.1. The highest BCUT2D eigenvalue weighted by atomic mass is 19.4. The number of halogens is 3. The fraction of sp³-hybridized carbons (Fsp3) is 0.278. The molecule has 0 saturated carbocycles. The van der Waals surface area contributed by atoms with Crippen LogP contribution in [-0.2, 0) is 11.2 Å². The van der Waals surface area contributed by atoms with Crippen LogP contribution in [0.2, 0.25) is 0 Å². The second-order valence-electron chi connectivity index (χ2n) is 5.62. The van der Waals surface area contributed by atoms with E-state index in [0.717, 1.165) is 16.7 Å². The van der Waals surface area contributed by atoms with Crippen molar-refractivity contribution < 1.29 is 22.7 Å². The number of nitrogens with two attached hydrogens (primary N) is 1. The molecule has 0 fully saturated rings. The van der Waals surface area contributed by atoms with E-state index >= 15 is 0 Å². The number of nitrogens with one attached hydrogen (secondary N) is 1. The van der Waals surface area contributed by atoms with E-state index in [4.69, 9.17) is 5.73 Å². The molecule has 2 aromatic rings. The summed E-state index contributed by atoms with van der Waals surface area (Å²) >= 11 is 0. The first-order valence-electron chi connectivity index (χ1n) is 7.69. The van der Waals surface area contributed by atoms with Gasteiger partial charge in [-0.25, -0.2) is 0 Å². The zero-order valence-corrected chi connectivity index (χ0v) is 13.6. The summed E-state index contributed by atoms with van der Waals surface area (Å²) in [4.78, 5) is 12.0. The van der Waals surface area contributed by atoms with Crippen molar-refractivity contribution in [1.29, 1.82) is 0 Å². The zero-order valence-electron chi connectivity index (χ0n) is 13.6. The summed E-state index contributed by atoms with van der Waals surface area (Å²) in [7, 11) is 0. The van der Waals surface area contributed by atoms with Gasteiger partial charge in [0.15, 0.2) is 0 Å². The average molecular weight is 352 g/mol. The molecule has 0 aliphatic carbocycles. The Labute approximate surface area is 143 Å². The largest absolute Gasteiger partial charge is 0.573 e. The van der Waals surface area contributed by atoms with Gasteiger partial charge in [0, 0.05) is 6.54 Å². The molecular formula is C18H19F3N2O2. The number of alkyl halides is 3. The fourth-order valence-corrected chi connectivity index (χ4v) is 2.22. The van der Waals surface area contributed by atoms with Gasteiger partial charge in [0.25, 0.3) is 0 Å². The van der Waals surface area contributed by atoms with E-state index in [-0.39, 0.29) is 11.7 Å². The molecule has 0 heterocycles. The van der Waals surface area contributed by atoms with Gasteiger partial charge in [0.1, 0.15) is 11.8 Å². The lowest BCUT2D eigenvalue weighted by Crippen LogP contribution is -2.35. The standard InChI is InChI=1S/C18H19F3N2O2/c1-12-2-6-14(7-3-12)16(22)17(24)23-11-10-13-4-8-15(9-5-13)25-18(19,20)21/h2-9,16H,10-11,22H2,1H3,(H,23,24). The highest BCUT2D eigenvalue weighted by molar-refractivity contribution is 5.82. The molecule has 0 aliphatic heterocycles. The summed E-state index contributed by atoms with van der Waals surface area (Å²) in [5.41, 5.74) is 8.49. The van der Waals surface area contributed by atoms with Gasteiger partial charge < -0.3 is 15.8 Å². The number of amides is 1. The Hall–Kier alpha value is -2.54. The van der Waals surface area contributed by atoms with Gasteiger partial charge in [-0.15, -0.1) is 13.2 Å². The van der Waals surface area contributed by atoms with Crippen LogP contribution < -0.4 is 15.8 Å². The van der Waals surface area contributed by atoms with Crippen LogP contribution >= 0.6 is 0 Å². The second-order valence-corrected chi connectivity index (χ2v) is 5.62. The fourth-order valence-electron chi connectivity index (χ4n) is 2.22. The van der Waals surface area contributed by atoms with Crippen molar-refractivity contribution in [2.24, 2.45) is 5.73 Å². The van der Waals surface area contributed by atoms with E-state index in [1.807, 2.05) is 19.1 Å². The molecule has 25 heavy (non-hydrogen) atoms. The Balaban J connectivity index is 1.81. The molecule has 1 unspecified atom stereocenters. The Morgan fingerprint density at radius 2 is 1.72 bits per heavy atom. The van der Waals surface area contributed by atoms with E-state index < -0.39 is 12.4 Å². The number of carbonyl (C=O) groups excluding carboxylic acids is 1. The molecule has 0 aromatic heterocycles. The highest BCUT2D eigenvalue weighted by Gasteiger charge is 2.30. The maximum Gasteiger partial charge on any atom is 0.573 e. The first kappa shape index (κ1) is 18.8. The van der Waals surface area contributed by atoms with Gasteiger partial charge >= 0.3 is 6.36 Å². The number of hydrogen-bond acceptors (Lipinski definition) is 3. The molecule has 134 valence electrons. The van der Waals surface area contributed by atoms with Crippen LogP contribution in [0.3, 0.4) is 0 Å². The number of hydrogen-bond donors (Lipinski definition) is 2. The Morgan fingerprint density at radius 1 is 1.12 bits per heavy atom. The lowest BCUT2D eigenvalue weighted by atomic mass is 10.1. The molecule has 0 radical (unpaired) electrons. The molecule has 0 aliphatic rings. The van der Waals surface area contributed by atoms with Crippen molar-refractivity contribution >= 4 is 5.91 Å². The minimum absolute atomic E-state index is 0.276. The van der Waals surface area contributed by atoms with Crippen molar-refractivity contribution in [3.8, 4) is 5.75 Å². The predicted octanol–water partition coefficient (Wildman–Crippen LogP) is 3.25. The number of ether oxygens (including phenoxy) is 1. The van der Waals surface area contributed by atoms with Crippen LogP contribution in [0.25, 0.3) is 0 Å². The van der Waals surface area contributed by atoms with Gasteiger partial charge in [-0.05, 0) is 36.6 Å². The van der Waals surface area contributed by atoms with Crippen molar-refractivity contribution in [2.45, 2.75) is 25.7 Å². The highest BCUT2D eigenvalue weighted by Crippen LogP contribution is 2.22. The maximum atomic E-state index is 12.1. The quantitative estimate of drug-likeness (QED) is 0.839. The molecule has 2 rings (SSSR count). The van der Waals surface area contributed by atoms with Crippen molar-refractivity contribution in [3.05, 3.63) is 65.2 Å². The minimum Gasteiger partial charge on any atom is -0.406 e. The van der Waals surface area contributed by atoms with E-state index in [2.05, 4.69) is 10.1 Å². The summed E-state index contributed by atoms with van der Waals surface area (Å²) in [5, 5.41) is 2.72. The molecule has 1 atom stereocenters. The number of aryl methyl sites for hydroxylation is 1. The van der Waals surface area contributed by atoms with Gasteiger partial charge in [0.2, 0.25) is 5.91 Å². The average Bonchev–Trinajstić information content (AvgIpc) is 2.55. The van der Waals surface area contributed by atoms with E-state index in [9.17, 15) is 18.0 Å². The topological polar surface area (TPSA) is 64.4 Å². The minimum atomic E-state index is -4.71. The van der Waals surface area contributed by atoms with E-state index in [1.54, 1.807) is 12.1 Å². The Kier molecular flexibility index (Phi) is 6.03. The molecule has 3 N–H and O–H groups in total. The summed E-state index contributed by atoms with van der Waals surface area (Å²) < 4.78 is 40.1. The molecule has 0 spiro atoms. The molecule has 4 nitrogen and oxygen atoms in total. The number of carbonyl (C=O) groups is 1. The summed E-state index contributed by atoms with van der Waals surface area (Å²) in [6.07, 6.45) is -4.24. The van der Waals surface area contributed by atoms with Crippen LogP contribution in [0.5, 0.6) is 5.75 Å². The van der Waals surface area contributed by atoms with Crippen LogP contribution in [0, 0.1) is 6.92 Å². The normalized spacial score (nSPS) is 12.5. The van der Waals surface area contributed by atoms with E-state index in [1.165, 1.54) is 24.3 Å². The monoisotopic (exact) mass is 352 g/mol. The number of rotatable bonds is 6. The molecule has 2 aromatic carbocycles. The third kappa shape index (κ3) is 6.11. The Morgan fingerprint density at radius 3 is 2.28 bits per heavy atom. The first-order valence-corrected chi connectivity index (χ1v) is 7.69. The predicted molar refractivity (Wildman–Crippen MR) is 87.9 cm³/mol. The van der Waals surface area contributed by atoms with Gasteiger partial charge in [-0.2, -0.15) is 0 Å². The molecular weight excluding hydrogens is 333 g/mol. The van der Waals surface area contributed by atoms with Crippen LogP contribution in [0.15, 0.2) is 48.5 Å². The lowest BCUT2D eigenvalue weighted by molar-refractivity contribution is -0.274. The zero-order chi connectivity index (χ0) is 18.4. The van der Waals surface area contributed by atoms with Crippen molar-refractivity contribution in [1.82, 2.24) is 5.32 Å². The van der Waals surface area contributed by atoms with Crippen LogP contribution in [0.1, 0.15) is 22.7 Å². The molecule has 0 bridgehead atoms. The molecule has 7 heteroatoms. The molecule has 0 saturated heterocycles. The van der Waals surface area contributed by atoms with Gasteiger partial charge in [0.05, 0.1) is 0 Å². The Bertz CT molecular complexity index is 698. The SMILES string of the molecule is Cc1ccc(C(N)C(=O)NCCc2ccc(OC(F)(F)F)cc2)cc1. The van der Waals surface area contributed by atoms with Crippen LogP contribution in [0.4, 0.5) is 13.2 Å².